The standard InChI is InChI=1S/C19H24N6O4S/c1-29-13-6-8-14(9-7-13)30(27,28)25-11-3-5-17(25)19(26)22-10-2-4-16-15(12-20)18(21)24-23-16/h6-9,17H,2-5,10-11H2,1H3,(H,22,26)(H3,21,23,24). The lowest BCUT2D eigenvalue weighted by Crippen LogP contribution is -2.46. The molecule has 0 spiro atoms. The highest BCUT2D eigenvalue weighted by molar-refractivity contribution is 7.89. The molecule has 0 radical (unpaired) electrons. The summed E-state index contributed by atoms with van der Waals surface area (Å²) in [6, 6.07) is 7.37. The molecule has 10 nitrogen and oxygen atoms in total. The summed E-state index contributed by atoms with van der Waals surface area (Å²) in [6.07, 6.45) is 2.13. The van der Waals surface area contributed by atoms with Gasteiger partial charge in [-0.05, 0) is 49.9 Å². The number of anilines is 1. The minimum absolute atomic E-state index is 0.129. The molecule has 1 aromatic carbocycles. The third kappa shape index (κ3) is 4.39. The molecule has 1 unspecified atom stereocenters. The molecule has 2 aromatic rings. The number of hydrogen-bond acceptors (Lipinski definition) is 7. The first-order valence-corrected chi connectivity index (χ1v) is 11.0. The molecular weight excluding hydrogens is 408 g/mol. The lowest BCUT2D eigenvalue weighted by molar-refractivity contribution is -0.124. The van der Waals surface area contributed by atoms with Gasteiger partial charge >= 0.3 is 0 Å². The Morgan fingerprint density at radius 1 is 1.43 bits per heavy atom. The Kier molecular flexibility index (Phi) is 6.59. The first-order valence-electron chi connectivity index (χ1n) is 9.55. The highest BCUT2D eigenvalue weighted by Crippen LogP contribution is 2.27. The van der Waals surface area contributed by atoms with Crippen molar-refractivity contribution in [2.75, 3.05) is 25.9 Å². The molecular formula is C19H24N6O4S. The van der Waals surface area contributed by atoms with Crippen LogP contribution in [-0.4, -0.2) is 55.1 Å². The smallest absolute Gasteiger partial charge is 0.243 e. The Labute approximate surface area is 175 Å². The van der Waals surface area contributed by atoms with E-state index in [1.54, 1.807) is 12.1 Å². The number of nitrogens with one attached hydrogen (secondary N) is 2. The fourth-order valence-corrected chi connectivity index (χ4v) is 5.12. The number of nitriles is 1. The van der Waals surface area contributed by atoms with Crippen LogP contribution in [0.15, 0.2) is 29.2 Å². The predicted octanol–water partition coefficient (Wildman–Crippen LogP) is 0.774. The number of aromatic amines is 1. The van der Waals surface area contributed by atoms with Crippen LogP contribution in [0.25, 0.3) is 0 Å². The molecule has 4 N–H and O–H groups in total. The summed E-state index contributed by atoms with van der Waals surface area (Å²) in [7, 11) is -2.28. The Bertz CT molecular complexity index is 1040. The quantitative estimate of drug-likeness (QED) is 0.521. The normalized spacial score (nSPS) is 16.9. The molecule has 1 saturated heterocycles. The maximum atomic E-state index is 13.0. The fraction of sp³-hybridized carbons (Fsp3) is 0.421. The fourth-order valence-electron chi connectivity index (χ4n) is 3.47. The number of amides is 1. The van der Waals surface area contributed by atoms with Gasteiger partial charge in [0.05, 0.1) is 17.7 Å². The van der Waals surface area contributed by atoms with Crippen LogP contribution in [0.1, 0.15) is 30.5 Å². The average Bonchev–Trinajstić information content (AvgIpc) is 3.38. The minimum Gasteiger partial charge on any atom is -0.497 e. The Balaban J connectivity index is 1.59. The van der Waals surface area contributed by atoms with E-state index in [1.807, 2.05) is 6.07 Å². The van der Waals surface area contributed by atoms with Crippen LogP contribution in [-0.2, 0) is 21.2 Å². The Morgan fingerprint density at radius 3 is 2.83 bits per heavy atom. The number of rotatable bonds is 8. The molecule has 1 atom stereocenters. The van der Waals surface area contributed by atoms with Crippen molar-refractivity contribution < 1.29 is 17.9 Å². The number of methoxy groups -OCH3 is 1. The topological polar surface area (TPSA) is 154 Å². The lowest BCUT2D eigenvalue weighted by Gasteiger charge is -2.23. The zero-order valence-corrected chi connectivity index (χ0v) is 17.4. The highest BCUT2D eigenvalue weighted by atomic mass is 32.2. The Morgan fingerprint density at radius 2 is 2.17 bits per heavy atom. The molecule has 160 valence electrons. The van der Waals surface area contributed by atoms with E-state index in [9.17, 15) is 13.2 Å². The van der Waals surface area contributed by atoms with E-state index in [0.29, 0.717) is 55.8 Å². The number of aromatic nitrogens is 2. The molecule has 3 rings (SSSR count). The number of nitrogens with two attached hydrogens (primary N) is 1. The molecule has 0 saturated carbocycles. The van der Waals surface area contributed by atoms with Crippen molar-refractivity contribution in [3.8, 4) is 11.8 Å². The average molecular weight is 433 g/mol. The molecule has 1 aromatic heterocycles. The van der Waals surface area contributed by atoms with Crippen molar-refractivity contribution in [1.82, 2.24) is 19.8 Å². The van der Waals surface area contributed by atoms with Gasteiger partial charge in [0.2, 0.25) is 15.9 Å². The van der Waals surface area contributed by atoms with Crippen LogP contribution < -0.4 is 15.8 Å². The molecule has 1 fully saturated rings. The van der Waals surface area contributed by atoms with E-state index >= 15 is 0 Å². The van der Waals surface area contributed by atoms with Gasteiger partial charge in [-0.1, -0.05) is 0 Å². The van der Waals surface area contributed by atoms with Crippen LogP contribution in [0.2, 0.25) is 0 Å². The number of carbonyl (C=O) groups is 1. The minimum atomic E-state index is -3.78. The van der Waals surface area contributed by atoms with E-state index < -0.39 is 16.1 Å². The number of hydrogen-bond donors (Lipinski definition) is 3. The van der Waals surface area contributed by atoms with Crippen LogP contribution in [0.3, 0.4) is 0 Å². The van der Waals surface area contributed by atoms with Gasteiger partial charge in [-0.3, -0.25) is 9.89 Å². The van der Waals surface area contributed by atoms with Crippen LogP contribution in [0, 0.1) is 11.3 Å². The van der Waals surface area contributed by atoms with E-state index in [-0.39, 0.29) is 16.6 Å². The van der Waals surface area contributed by atoms with Gasteiger partial charge in [0, 0.05) is 13.1 Å². The molecule has 1 aliphatic rings. The maximum absolute atomic E-state index is 13.0. The van der Waals surface area contributed by atoms with Gasteiger partial charge in [-0.25, -0.2) is 8.42 Å². The molecule has 2 heterocycles. The summed E-state index contributed by atoms with van der Waals surface area (Å²) in [4.78, 5) is 12.8. The number of ether oxygens (including phenoxy) is 1. The van der Waals surface area contributed by atoms with Gasteiger partial charge in [0.1, 0.15) is 23.4 Å². The first kappa shape index (κ1) is 21.6. The second-order valence-corrected chi connectivity index (χ2v) is 8.81. The number of aryl methyl sites for hydroxylation is 1. The van der Waals surface area contributed by atoms with E-state index in [1.165, 1.54) is 23.5 Å². The number of nitrogen functional groups attached to an aromatic ring is 1. The van der Waals surface area contributed by atoms with Gasteiger partial charge < -0.3 is 15.8 Å². The zero-order chi connectivity index (χ0) is 21.7. The molecule has 0 aliphatic carbocycles. The summed E-state index contributed by atoms with van der Waals surface area (Å²) >= 11 is 0. The summed E-state index contributed by atoms with van der Waals surface area (Å²) in [5.41, 5.74) is 6.54. The number of sulfonamides is 1. The monoisotopic (exact) mass is 432 g/mol. The third-order valence-electron chi connectivity index (χ3n) is 5.06. The number of nitrogens with zero attached hydrogens (tertiary/aromatic N) is 3. The van der Waals surface area contributed by atoms with E-state index in [4.69, 9.17) is 15.7 Å². The molecule has 1 aliphatic heterocycles. The third-order valence-corrected chi connectivity index (χ3v) is 6.98. The van der Waals surface area contributed by atoms with Crippen molar-refractivity contribution in [2.45, 2.75) is 36.6 Å². The maximum Gasteiger partial charge on any atom is 0.243 e. The van der Waals surface area contributed by atoms with Crippen molar-refractivity contribution in [3.63, 3.8) is 0 Å². The van der Waals surface area contributed by atoms with Gasteiger partial charge in [-0.15, -0.1) is 0 Å². The van der Waals surface area contributed by atoms with Crippen molar-refractivity contribution in [3.05, 3.63) is 35.5 Å². The summed E-state index contributed by atoms with van der Waals surface area (Å²) in [6.45, 7) is 0.640. The Hall–Kier alpha value is -3.10. The summed E-state index contributed by atoms with van der Waals surface area (Å²) in [5, 5.41) is 18.4. The largest absolute Gasteiger partial charge is 0.497 e. The summed E-state index contributed by atoms with van der Waals surface area (Å²) < 4.78 is 32.3. The molecule has 0 bridgehead atoms. The zero-order valence-electron chi connectivity index (χ0n) is 16.6. The van der Waals surface area contributed by atoms with Crippen LogP contribution in [0.4, 0.5) is 5.82 Å². The van der Waals surface area contributed by atoms with E-state index in [2.05, 4.69) is 15.5 Å². The second-order valence-electron chi connectivity index (χ2n) is 6.92. The van der Waals surface area contributed by atoms with Gasteiger partial charge in [-0.2, -0.15) is 14.7 Å². The lowest BCUT2D eigenvalue weighted by atomic mass is 10.1. The summed E-state index contributed by atoms with van der Waals surface area (Å²) in [5.74, 6) is 0.388. The molecule has 11 heteroatoms. The predicted molar refractivity (Wildman–Crippen MR) is 109 cm³/mol. The SMILES string of the molecule is COc1ccc(S(=O)(=O)N2CCCC2C(=O)NCCCc2[nH]nc(N)c2C#N)cc1. The number of H-pyrrole nitrogens is 1. The van der Waals surface area contributed by atoms with Crippen molar-refractivity contribution in [1.29, 1.82) is 5.26 Å². The van der Waals surface area contributed by atoms with Gasteiger partial charge in [0.25, 0.3) is 0 Å². The first-order chi connectivity index (χ1) is 14.4. The number of benzene rings is 1. The van der Waals surface area contributed by atoms with Crippen molar-refractivity contribution >= 4 is 21.7 Å². The van der Waals surface area contributed by atoms with E-state index in [0.717, 1.165) is 0 Å². The van der Waals surface area contributed by atoms with Crippen LogP contribution in [0.5, 0.6) is 5.75 Å². The molecule has 30 heavy (non-hydrogen) atoms. The molecule has 1 amide bonds. The van der Waals surface area contributed by atoms with Crippen molar-refractivity contribution in [2.24, 2.45) is 0 Å². The van der Waals surface area contributed by atoms with Gasteiger partial charge in [0.15, 0.2) is 5.82 Å². The second kappa shape index (κ2) is 9.15. The highest BCUT2D eigenvalue weighted by Gasteiger charge is 2.39. The van der Waals surface area contributed by atoms with Crippen LogP contribution >= 0.6 is 0 Å². The number of carbonyl (C=O) groups excluding carboxylic acids is 1.